The van der Waals surface area contributed by atoms with Gasteiger partial charge >= 0.3 is 5.97 Å². The summed E-state index contributed by atoms with van der Waals surface area (Å²) in [6, 6.07) is 10.5. The maximum atomic E-state index is 13.3. The zero-order valence-corrected chi connectivity index (χ0v) is 14.9. The Morgan fingerprint density at radius 3 is 2.80 bits per heavy atom. The Morgan fingerprint density at radius 2 is 2.16 bits per heavy atom. The summed E-state index contributed by atoms with van der Waals surface area (Å²) in [5.74, 6) is -0.616. The highest BCUT2D eigenvalue weighted by Gasteiger charge is 2.30. The summed E-state index contributed by atoms with van der Waals surface area (Å²) < 4.78 is 18.2. The van der Waals surface area contributed by atoms with Crippen LogP contribution >= 0.6 is 11.3 Å². The van der Waals surface area contributed by atoms with Crippen LogP contribution in [0.15, 0.2) is 58.7 Å². The number of allylic oxidation sites excluding steroid dienone is 1. The summed E-state index contributed by atoms with van der Waals surface area (Å²) in [5.41, 5.74) is 2.65. The van der Waals surface area contributed by atoms with E-state index in [1.807, 2.05) is 24.4 Å². The molecule has 1 aromatic carbocycles. The quantitative estimate of drug-likeness (QED) is 0.595. The molecule has 0 spiro atoms. The van der Waals surface area contributed by atoms with Crippen molar-refractivity contribution in [1.82, 2.24) is 5.01 Å². The minimum absolute atomic E-state index is 0.0183. The molecule has 1 atom stereocenters. The average Bonchev–Trinajstić information content (AvgIpc) is 3.25. The molecule has 1 aliphatic rings. The van der Waals surface area contributed by atoms with Gasteiger partial charge in [0.15, 0.2) is 0 Å². The average molecular weight is 358 g/mol. The first-order valence-corrected chi connectivity index (χ1v) is 8.97. The van der Waals surface area contributed by atoms with Crippen molar-refractivity contribution in [3.05, 3.63) is 69.8 Å². The van der Waals surface area contributed by atoms with E-state index in [0.29, 0.717) is 13.2 Å². The number of halogens is 1. The summed E-state index contributed by atoms with van der Waals surface area (Å²) >= 11 is 1.61. The number of thiophene rings is 1. The topological polar surface area (TPSA) is 41.9 Å². The number of hydrogen-bond donors (Lipinski definition) is 0. The molecule has 1 aromatic heterocycles. The van der Waals surface area contributed by atoms with Gasteiger partial charge in [0.2, 0.25) is 0 Å². The van der Waals surface area contributed by atoms with Crippen LogP contribution in [-0.2, 0) is 9.53 Å². The number of nitrogens with zero attached hydrogens (tertiary/aromatic N) is 2. The number of esters is 1. The Labute approximate surface area is 150 Å². The predicted molar refractivity (Wildman–Crippen MR) is 97.1 cm³/mol. The standard InChI is InChI=1S/C19H19FN2O2S/c1-3-24-18(23)11-13(2)22-12-16(14-6-8-15(20)9-7-14)19(21-22)17-5-4-10-25-17/h4-11,16H,3,12H2,1-2H3/b13-11+/t16-/m0/s1. The smallest absolute Gasteiger partial charge is 0.332 e. The van der Waals surface area contributed by atoms with E-state index >= 15 is 0 Å². The first-order chi connectivity index (χ1) is 12.1. The number of carbonyl (C=O) groups is 1. The molecular weight excluding hydrogens is 339 g/mol. The maximum Gasteiger partial charge on any atom is 0.332 e. The van der Waals surface area contributed by atoms with Gasteiger partial charge in [0.05, 0.1) is 23.7 Å². The van der Waals surface area contributed by atoms with Crippen LogP contribution in [0.1, 0.15) is 30.2 Å². The van der Waals surface area contributed by atoms with Crippen LogP contribution in [0.3, 0.4) is 0 Å². The zero-order valence-electron chi connectivity index (χ0n) is 14.1. The van der Waals surface area contributed by atoms with Crippen LogP contribution in [-0.4, -0.2) is 29.8 Å². The zero-order chi connectivity index (χ0) is 17.8. The predicted octanol–water partition coefficient (Wildman–Crippen LogP) is 4.16. The monoisotopic (exact) mass is 358 g/mol. The molecule has 1 aliphatic heterocycles. The molecule has 4 nitrogen and oxygen atoms in total. The molecule has 0 radical (unpaired) electrons. The van der Waals surface area contributed by atoms with Gasteiger partial charge in [-0.3, -0.25) is 5.01 Å². The number of hydrogen-bond acceptors (Lipinski definition) is 5. The highest BCUT2D eigenvalue weighted by Crippen LogP contribution is 2.32. The molecule has 3 rings (SSSR count). The van der Waals surface area contributed by atoms with E-state index < -0.39 is 0 Å². The van der Waals surface area contributed by atoms with E-state index in [1.165, 1.54) is 18.2 Å². The summed E-state index contributed by atoms with van der Waals surface area (Å²) in [5, 5.41) is 8.52. The van der Waals surface area contributed by atoms with Gasteiger partial charge in [-0.2, -0.15) is 5.10 Å². The van der Waals surface area contributed by atoms with E-state index in [-0.39, 0.29) is 17.7 Å². The molecule has 6 heteroatoms. The third-order valence-electron chi connectivity index (χ3n) is 3.98. The highest BCUT2D eigenvalue weighted by atomic mass is 32.1. The second-order valence-corrected chi connectivity index (χ2v) is 6.63. The number of hydrazone groups is 1. The Balaban J connectivity index is 1.91. The molecule has 0 fully saturated rings. The molecule has 0 saturated heterocycles. The molecule has 0 saturated carbocycles. The fourth-order valence-electron chi connectivity index (χ4n) is 2.76. The largest absolute Gasteiger partial charge is 0.463 e. The van der Waals surface area contributed by atoms with Crippen molar-refractivity contribution in [3.8, 4) is 0 Å². The molecule has 0 bridgehead atoms. The van der Waals surface area contributed by atoms with Crippen LogP contribution in [0.4, 0.5) is 4.39 Å². The van der Waals surface area contributed by atoms with E-state index in [1.54, 1.807) is 35.4 Å². The first kappa shape index (κ1) is 17.4. The van der Waals surface area contributed by atoms with Crippen molar-refractivity contribution >= 4 is 23.0 Å². The van der Waals surface area contributed by atoms with Crippen LogP contribution in [0.5, 0.6) is 0 Å². The first-order valence-electron chi connectivity index (χ1n) is 8.09. The van der Waals surface area contributed by atoms with Gasteiger partial charge in [0.25, 0.3) is 0 Å². The van der Waals surface area contributed by atoms with Gasteiger partial charge in [0.1, 0.15) is 5.82 Å². The third-order valence-corrected chi connectivity index (χ3v) is 4.87. The fourth-order valence-corrected chi connectivity index (χ4v) is 3.52. The summed E-state index contributed by atoms with van der Waals surface area (Å²) in [6.45, 7) is 4.54. The Bertz CT molecular complexity index is 797. The lowest BCUT2D eigenvalue weighted by Crippen LogP contribution is -2.18. The van der Waals surface area contributed by atoms with Crippen LogP contribution in [0, 0.1) is 5.82 Å². The lowest BCUT2D eigenvalue weighted by molar-refractivity contribution is -0.137. The molecule has 0 unspecified atom stereocenters. The maximum absolute atomic E-state index is 13.3. The van der Waals surface area contributed by atoms with E-state index in [2.05, 4.69) is 0 Å². The van der Waals surface area contributed by atoms with Gasteiger partial charge < -0.3 is 4.74 Å². The van der Waals surface area contributed by atoms with Crippen molar-refractivity contribution in [2.75, 3.05) is 13.2 Å². The molecule has 130 valence electrons. The minimum Gasteiger partial charge on any atom is -0.463 e. The Kier molecular flexibility index (Phi) is 5.28. The summed E-state index contributed by atoms with van der Waals surface area (Å²) in [4.78, 5) is 12.8. The second kappa shape index (κ2) is 7.61. The van der Waals surface area contributed by atoms with E-state index in [4.69, 9.17) is 9.84 Å². The number of ether oxygens (including phenoxy) is 1. The fraction of sp³-hybridized carbons (Fsp3) is 0.263. The normalized spacial score (nSPS) is 17.6. The number of benzene rings is 1. The number of rotatable bonds is 5. The molecule has 25 heavy (non-hydrogen) atoms. The van der Waals surface area contributed by atoms with Crippen molar-refractivity contribution in [1.29, 1.82) is 0 Å². The van der Waals surface area contributed by atoms with Gasteiger partial charge in [-0.1, -0.05) is 18.2 Å². The van der Waals surface area contributed by atoms with Crippen LogP contribution in [0.2, 0.25) is 0 Å². The SMILES string of the molecule is CCOC(=O)/C=C(\C)N1C[C@@H](c2ccc(F)cc2)C(c2cccs2)=N1. The van der Waals surface area contributed by atoms with Gasteiger partial charge in [-0.15, -0.1) is 11.3 Å². The molecule has 0 aliphatic carbocycles. The Morgan fingerprint density at radius 1 is 1.40 bits per heavy atom. The minimum atomic E-state index is -0.377. The van der Waals surface area contributed by atoms with Crippen molar-refractivity contribution < 1.29 is 13.9 Å². The van der Waals surface area contributed by atoms with Crippen molar-refractivity contribution in [3.63, 3.8) is 0 Å². The van der Waals surface area contributed by atoms with E-state index in [0.717, 1.165) is 21.8 Å². The highest BCUT2D eigenvalue weighted by molar-refractivity contribution is 7.12. The Hall–Kier alpha value is -2.47. The second-order valence-electron chi connectivity index (χ2n) is 5.69. The number of carbonyl (C=O) groups excluding carboxylic acids is 1. The lowest BCUT2D eigenvalue weighted by atomic mass is 9.94. The molecule has 2 heterocycles. The van der Waals surface area contributed by atoms with Crippen molar-refractivity contribution in [2.24, 2.45) is 5.10 Å². The molecule has 2 aromatic rings. The van der Waals surface area contributed by atoms with Gasteiger partial charge in [-0.05, 0) is 43.0 Å². The van der Waals surface area contributed by atoms with Gasteiger partial charge in [-0.25, -0.2) is 9.18 Å². The summed E-state index contributed by atoms with van der Waals surface area (Å²) in [6.07, 6.45) is 1.45. The summed E-state index contributed by atoms with van der Waals surface area (Å²) in [7, 11) is 0. The third kappa shape index (κ3) is 3.96. The van der Waals surface area contributed by atoms with Crippen LogP contribution in [0.25, 0.3) is 0 Å². The molecular formula is C19H19FN2O2S. The van der Waals surface area contributed by atoms with Crippen molar-refractivity contribution in [2.45, 2.75) is 19.8 Å². The lowest BCUT2D eigenvalue weighted by Gasteiger charge is -2.16. The molecule has 0 amide bonds. The molecule has 0 N–H and O–H groups in total. The van der Waals surface area contributed by atoms with Gasteiger partial charge in [0, 0.05) is 17.7 Å². The van der Waals surface area contributed by atoms with Crippen LogP contribution < -0.4 is 0 Å². The van der Waals surface area contributed by atoms with E-state index in [9.17, 15) is 9.18 Å².